The Morgan fingerprint density at radius 1 is 1.26 bits per heavy atom. The number of aromatic nitrogens is 1. The van der Waals surface area contributed by atoms with Crippen LogP contribution < -0.4 is 4.74 Å². The number of methoxy groups -OCH3 is 1. The van der Waals surface area contributed by atoms with Crippen LogP contribution >= 0.6 is 0 Å². The Balaban J connectivity index is 1.39. The molecule has 0 bridgehead atoms. The fourth-order valence-electron chi connectivity index (χ4n) is 4.04. The van der Waals surface area contributed by atoms with E-state index in [9.17, 15) is 9.59 Å². The quantitative estimate of drug-likeness (QED) is 0.834. The summed E-state index contributed by atoms with van der Waals surface area (Å²) in [5.41, 5.74) is 1.11. The Hall–Kier alpha value is -2.54. The van der Waals surface area contributed by atoms with Crippen molar-refractivity contribution in [1.82, 2.24) is 9.88 Å². The predicted molar refractivity (Wildman–Crippen MR) is 98.8 cm³/mol. The molecule has 1 aromatic heterocycles. The second kappa shape index (κ2) is 7.60. The standard InChI is InChI=1S/C20H24N2O5/c1-25-14-7-6-13-10-16(21-15(13)11-14)20(24)27-12-19(23)22-8-9-26-18-5-3-2-4-17(18)22/h6-7,10-11,17-18,21H,2-5,8-9,12H2,1H3/t17-,18+/m1/s1. The summed E-state index contributed by atoms with van der Waals surface area (Å²) in [5.74, 6) is 0.0158. The van der Waals surface area contributed by atoms with E-state index in [1.165, 1.54) is 0 Å². The molecular formula is C20H24N2O5. The zero-order valence-electron chi connectivity index (χ0n) is 15.4. The highest BCUT2D eigenvalue weighted by Gasteiger charge is 2.36. The SMILES string of the molecule is COc1ccc2cc(C(=O)OCC(=O)N3CCO[C@H]4CCCC[C@H]43)[nH]c2c1. The third-order valence-electron chi connectivity index (χ3n) is 5.43. The lowest BCUT2D eigenvalue weighted by Gasteiger charge is -2.43. The molecule has 2 atom stereocenters. The Morgan fingerprint density at radius 2 is 2.11 bits per heavy atom. The van der Waals surface area contributed by atoms with E-state index >= 15 is 0 Å². The van der Waals surface area contributed by atoms with Gasteiger partial charge in [0, 0.05) is 23.5 Å². The molecule has 1 saturated heterocycles. The molecule has 1 aromatic carbocycles. The van der Waals surface area contributed by atoms with E-state index in [4.69, 9.17) is 14.2 Å². The lowest BCUT2D eigenvalue weighted by molar-refractivity contribution is -0.152. The normalized spacial score (nSPS) is 22.3. The second-order valence-corrected chi connectivity index (χ2v) is 7.06. The number of benzene rings is 1. The molecule has 2 aromatic rings. The van der Waals surface area contributed by atoms with Crippen molar-refractivity contribution in [2.45, 2.75) is 37.8 Å². The Labute approximate surface area is 157 Å². The van der Waals surface area contributed by atoms with Gasteiger partial charge in [0.25, 0.3) is 5.91 Å². The van der Waals surface area contributed by atoms with Crippen LogP contribution in [0.15, 0.2) is 24.3 Å². The van der Waals surface area contributed by atoms with Gasteiger partial charge in [-0.05, 0) is 31.0 Å². The van der Waals surface area contributed by atoms with Gasteiger partial charge in [-0.2, -0.15) is 0 Å². The van der Waals surface area contributed by atoms with Crippen LogP contribution in [0.25, 0.3) is 10.9 Å². The van der Waals surface area contributed by atoms with Crippen LogP contribution in [-0.2, 0) is 14.3 Å². The van der Waals surface area contributed by atoms with Gasteiger partial charge < -0.3 is 24.1 Å². The topological polar surface area (TPSA) is 80.9 Å². The summed E-state index contributed by atoms with van der Waals surface area (Å²) in [6.45, 7) is 0.856. The summed E-state index contributed by atoms with van der Waals surface area (Å²) in [4.78, 5) is 29.8. The summed E-state index contributed by atoms with van der Waals surface area (Å²) in [6, 6.07) is 7.33. The van der Waals surface area contributed by atoms with Crippen molar-refractivity contribution in [3.8, 4) is 5.75 Å². The van der Waals surface area contributed by atoms with Crippen LogP contribution in [0.5, 0.6) is 5.75 Å². The lowest BCUT2D eigenvalue weighted by atomic mass is 9.90. The number of ether oxygens (including phenoxy) is 3. The molecule has 1 N–H and O–H groups in total. The number of rotatable bonds is 4. The molecule has 7 heteroatoms. The van der Waals surface area contributed by atoms with Crippen LogP contribution in [-0.4, -0.2) is 60.8 Å². The molecule has 0 radical (unpaired) electrons. The molecule has 0 spiro atoms. The minimum atomic E-state index is -0.535. The van der Waals surface area contributed by atoms with E-state index in [2.05, 4.69) is 4.98 Å². The highest BCUT2D eigenvalue weighted by atomic mass is 16.5. The van der Waals surface area contributed by atoms with Gasteiger partial charge in [-0.25, -0.2) is 4.79 Å². The number of carbonyl (C=O) groups excluding carboxylic acids is 2. The summed E-state index contributed by atoms with van der Waals surface area (Å²) in [5, 5.41) is 0.882. The van der Waals surface area contributed by atoms with Gasteiger partial charge in [0.2, 0.25) is 0 Å². The van der Waals surface area contributed by atoms with Crippen molar-refractivity contribution in [2.75, 3.05) is 26.9 Å². The molecule has 2 fully saturated rings. The van der Waals surface area contributed by atoms with Crippen molar-refractivity contribution in [3.63, 3.8) is 0 Å². The third kappa shape index (κ3) is 3.64. The molecule has 144 valence electrons. The van der Waals surface area contributed by atoms with Crippen molar-refractivity contribution in [3.05, 3.63) is 30.0 Å². The number of hydrogen-bond donors (Lipinski definition) is 1. The maximum Gasteiger partial charge on any atom is 0.355 e. The predicted octanol–water partition coefficient (Wildman–Crippen LogP) is 2.50. The zero-order chi connectivity index (χ0) is 18.8. The van der Waals surface area contributed by atoms with Gasteiger partial charge in [-0.1, -0.05) is 12.8 Å². The largest absolute Gasteiger partial charge is 0.497 e. The van der Waals surface area contributed by atoms with Crippen molar-refractivity contribution in [2.24, 2.45) is 0 Å². The summed E-state index contributed by atoms with van der Waals surface area (Å²) in [7, 11) is 1.59. The van der Waals surface area contributed by atoms with Crippen LogP contribution in [0.1, 0.15) is 36.2 Å². The van der Waals surface area contributed by atoms with Crippen molar-refractivity contribution >= 4 is 22.8 Å². The van der Waals surface area contributed by atoms with Crippen molar-refractivity contribution < 1.29 is 23.8 Å². The van der Waals surface area contributed by atoms with E-state index in [1.807, 2.05) is 23.1 Å². The van der Waals surface area contributed by atoms with Crippen LogP contribution in [0.3, 0.4) is 0 Å². The van der Waals surface area contributed by atoms with E-state index in [-0.39, 0.29) is 24.7 Å². The Morgan fingerprint density at radius 3 is 2.96 bits per heavy atom. The first kappa shape index (κ1) is 17.9. The van der Waals surface area contributed by atoms with Gasteiger partial charge in [0.05, 0.1) is 25.9 Å². The van der Waals surface area contributed by atoms with E-state index in [0.717, 1.165) is 36.6 Å². The molecule has 1 aliphatic carbocycles. The van der Waals surface area contributed by atoms with Gasteiger partial charge in [0.15, 0.2) is 6.61 Å². The molecule has 27 heavy (non-hydrogen) atoms. The molecule has 7 nitrogen and oxygen atoms in total. The maximum absolute atomic E-state index is 12.6. The summed E-state index contributed by atoms with van der Waals surface area (Å²) < 4.78 is 16.3. The Kier molecular flexibility index (Phi) is 5.03. The van der Waals surface area contributed by atoms with Gasteiger partial charge in [-0.15, -0.1) is 0 Å². The third-order valence-corrected chi connectivity index (χ3v) is 5.43. The molecule has 4 rings (SSSR count). The second-order valence-electron chi connectivity index (χ2n) is 7.06. The van der Waals surface area contributed by atoms with E-state index in [1.54, 1.807) is 13.2 Å². The number of carbonyl (C=O) groups is 2. The van der Waals surface area contributed by atoms with Crippen LogP contribution in [0.2, 0.25) is 0 Å². The molecule has 2 aliphatic rings. The molecule has 1 saturated carbocycles. The number of nitrogens with zero attached hydrogens (tertiary/aromatic N) is 1. The highest BCUT2D eigenvalue weighted by Crippen LogP contribution is 2.28. The summed E-state index contributed by atoms with van der Waals surface area (Å²) in [6.07, 6.45) is 4.31. The average molecular weight is 372 g/mol. The van der Waals surface area contributed by atoms with Crippen molar-refractivity contribution in [1.29, 1.82) is 0 Å². The number of amides is 1. The number of nitrogens with one attached hydrogen (secondary N) is 1. The molecule has 2 heterocycles. The fourth-order valence-corrected chi connectivity index (χ4v) is 4.04. The Bertz CT molecular complexity index is 844. The van der Waals surface area contributed by atoms with Gasteiger partial charge >= 0.3 is 5.97 Å². The average Bonchev–Trinajstić information content (AvgIpc) is 3.14. The number of morpholine rings is 1. The minimum Gasteiger partial charge on any atom is -0.497 e. The minimum absolute atomic E-state index is 0.110. The lowest BCUT2D eigenvalue weighted by Crippen LogP contribution is -2.55. The van der Waals surface area contributed by atoms with Crippen LogP contribution in [0, 0.1) is 0 Å². The molecule has 0 unspecified atom stereocenters. The smallest absolute Gasteiger partial charge is 0.355 e. The zero-order valence-corrected chi connectivity index (χ0v) is 15.4. The first-order chi connectivity index (χ1) is 13.2. The monoisotopic (exact) mass is 372 g/mol. The molecule has 1 amide bonds. The highest BCUT2D eigenvalue weighted by molar-refractivity contribution is 5.96. The number of H-pyrrole nitrogens is 1. The van der Waals surface area contributed by atoms with E-state index < -0.39 is 5.97 Å². The number of esters is 1. The summed E-state index contributed by atoms with van der Waals surface area (Å²) >= 11 is 0. The number of hydrogen-bond acceptors (Lipinski definition) is 5. The maximum atomic E-state index is 12.6. The molecule has 1 aliphatic heterocycles. The fraction of sp³-hybridized carbons (Fsp3) is 0.500. The number of aromatic amines is 1. The van der Waals surface area contributed by atoms with Gasteiger partial charge in [0.1, 0.15) is 11.4 Å². The first-order valence-electron chi connectivity index (χ1n) is 9.40. The van der Waals surface area contributed by atoms with Gasteiger partial charge in [-0.3, -0.25) is 4.79 Å². The molecular weight excluding hydrogens is 348 g/mol. The van der Waals surface area contributed by atoms with Crippen LogP contribution in [0.4, 0.5) is 0 Å². The first-order valence-corrected chi connectivity index (χ1v) is 9.40. The van der Waals surface area contributed by atoms with E-state index in [0.29, 0.717) is 24.6 Å². The number of fused-ring (bicyclic) bond motifs is 2.